The first-order chi connectivity index (χ1) is 18.6. The number of ether oxygens (including phenoxy) is 1. The molecule has 0 bridgehead atoms. The molecule has 2 saturated heterocycles. The van der Waals surface area contributed by atoms with Crippen molar-refractivity contribution < 1.29 is 4.74 Å². The normalized spacial score (nSPS) is 23.2. The molecule has 9 heteroatoms. The maximum absolute atomic E-state index is 12.8. The molecule has 0 N–H and O–H groups in total. The van der Waals surface area contributed by atoms with E-state index in [1.807, 2.05) is 0 Å². The zero-order chi connectivity index (χ0) is 27.9. The second kappa shape index (κ2) is 10.8. The van der Waals surface area contributed by atoms with Crippen molar-refractivity contribution in [3.05, 3.63) is 58.0 Å². The first-order valence-corrected chi connectivity index (χ1v) is 14.0. The van der Waals surface area contributed by atoms with E-state index < -0.39 is 0 Å². The third kappa shape index (κ3) is 5.60. The number of hydrogen-bond donors (Lipinski definition) is 0. The average Bonchev–Trinajstić information content (AvgIpc) is 3.31. The largest absolute Gasteiger partial charge is 0.373 e. The predicted molar refractivity (Wildman–Crippen MR) is 154 cm³/mol. The summed E-state index contributed by atoms with van der Waals surface area (Å²) in [5, 5.41) is 13.8. The van der Waals surface area contributed by atoms with Gasteiger partial charge in [0.25, 0.3) is 5.56 Å². The fourth-order valence-corrected chi connectivity index (χ4v) is 6.24. The second-order valence-corrected chi connectivity index (χ2v) is 11.9. The van der Waals surface area contributed by atoms with Gasteiger partial charge in [-0.2, -0.15) is 10.4 Å². The van der Waals surface area contributed by atoms with E-state index >= 15 is 0 Å². The van der Waals surface area contributed by atoms with Crippen LogP contribution >= 0.6 is 0 Å². The molecule has 2 fully saturated rings. The summed E-state index contributed by atoms with van der Waals surface area (Å²) < 4.78 is 9.09. The lowest BCUT2D eigenvalue weighted by Gasteiger charge is -2.47. The SMILES string of the molecule is CC(c1ccc(CN2CCOC(C)(C)C2)cc1)N1C[C@H](C)N(c2cc(=O)n(C)c3cn(CC#N)nc23)C[C@H]1C. The van der Waals surface area contributed by atoms with Crippen LogP contribution in [0.25, 0.3) is 11.0 Å². The number of piperazine rings is 1. The number of nitrogens with zero attached hydrogens (tertiary/aromatic N) is 7. The molecule has 2 aromatic heterocycles. The third-order valence-electron chi connectivity index (χ3n) is 8.38. The van der Waals surface area contributed by atoms with Gasteiger partial charge in [-0.3, -0.25) is 19.3 Å². The Labute approximate surface area is 231 Å². The van der Waals surface area contributed by atoms with Crippen molar-refractivity contribution in [2.45, 2.75) is 71.4 Å². The van der Waals surface area contributed by atoms with Crippen molar-refractivity contribution in [2.24, 2.45) is 7.05 Å². The van der Waals surface area contributed by atoms with E-state index in [4.69, 9.17) is 10.00 Å². The van der Waals surface area contributed by atoms with Gasteiger partial charge in [-0.15, -0.1) is 0 Å². The minimum atomic E-state index is -0.0865. The van der Waals surface area contributed by atoms with Crippen LogP contribution in [0.4, 0.5) is 5.69 Å². The Kier molecular flexibility index (Phi) is 7.55. The monoisotopic (exact) mass is 531 g/mol. The van der Waals surface area contributed by atoms with Gasteiger partial charge in [0.05, 0.1) is 35.7 Å². The van der Waals surface area contributed by atoms with E-state index in [1.54, 1.807) is 28.6 Å². The number of hydrogen-bond acceptors (Lipinski definition) is 7. The molecule has 9 nitrogen and oxygen atoms in total. The Hall–Kier alpha value is -3.19. The molecule has 0 aliphatic carbocycles. The fourth-order valence-electron chi connectivity index (χ4n) is 6.24. The molecule has 2 aliphatic heterocycles. The number of pyridine rings is 1. The standard InChI is InChI=1S/C30H41N7O2/c1-21-17-37(26-15-28(38)33(6)27-19-35(12-11-31)32-29(26)27)22(2)16-36(21)23(3)25-9-7-24(8-10-25)18-34-13-14-39-30(4,5)20-34/h7-10,15,19,21-23H,12-14,16-18,20H2,1-6H3/t21-,22+,23?/m1/s1. The maximum atomic E-state index is 12.8. The van der Waals surface area contributed by atoms with E-state index in [-0.39, 0.29) is 35.8 Å². The molecular weight excluding hydrogens is 490 g/mol. The first-order valence-electron chi connectivity index (χ1n) is 14.0. The van der Waals surface area contributed by atoms with Crippen LogP contribution in [0.1, 0.15) is 51.8 Å². The lowest BCUT2D eigenvalue weighted by atomic mass is 9.99. The zero-order valence-corrected chi connectivity index (χ0v) is 24.1. The van der Waals surface area contributed by atoms with Crippen molar-refractivity contribution in [1.29, 1.82) is 5.26 Å². The van der Waals surface area contributed by atoms with Crippen molar-refractivity contribution in [3.8, 4) is 6.07 Å². The summed E-state index contributed by atoms with van der Waals surface area (Å²) in [7, 11) is 1.76. The van der Waals surface area contributed by atoms with Crippen LogP contribution < -0.4 is 10.5 Å². The van der Waals surface area contributed by atoms with Gasteiger partial charge in [0.2, 0.25) is 0 Å². The minimum Gasteiger partial charge on any atom is -0.373 e. The first kappa shape index (κ1) is 27.4. The van der Waals surface area contributed by atoms with Crippen molar-refractivity contribution in [3.63, 3.8) is 0 Å². The molecule has 4 heterocycles. The summed E-state index contributed by atoms with van der Waals surface area (Å²) in [6.45, 7) is 16.6. The highest BCUT2D eigenvalue weighted by Crippen LogP contribution is 2.32. The summed E-state index contributed by atoms with van der Waals surface area (Å²) in [4.78, 5) is 20.2. The Morgan fingerprint density at radius 1 is 1.18 bits per heavy atom. The lowest BCUT2D eigenvalue weighted by Crippen LogP contribution is -2.57. The van der Waals surface area contributed by atoms with Crippen LogP contribution in [0.15, 0.2) is 41.3 Å². The lowest BCUT2D eigenvalue weighted by molar-refractivity contribution is -0.0882. The highest BCUT2D eigenvalue weighted by Gasteiger charge is 2.34. The van der Waals surface area contributed by atoms with Gasteiger partial charge < -0.3 is 14.2 Å². The third-order valence-corrected chi connectivity index (χ3v) is 8.38. The molecule has 0 saturated carbocycles. The molecule has 1 aromatic carbocycles. The zero-order valence-electron chi connectivity index (χ0n) is 24.1. The van der Waals surface area contributed by atoms with Crippen LogP contribution in [0.2, 0.25) is 0 Å². The number of benzene rings is 1. The van der Waals surface area contributed by atoms with Crippen LogP contribution in [-0.4, -0.2) is 74.6 Å². The van der Waals surface area contributed by atoms with Crippen LogP contribution in [0.3, 0.4) is 0 Å². The van der Waals surface area contributed by atoms with Gasteiger partial charge >= 0.3 is 0 Å². The Morgan fingerprint density at radius 2 is 1.92 bits per heavy atom. The number of fused-ring (bicyclic) bond motifs is 1. The Bertz CT molecular complexity index is 1420. The van der Waals surface area contributed by atoms with Crippen molar-refractivity contribution >= 4 is 16.7 Å². The number of morpholine rings is 1. The molecular formula is C30H41N7O2. The van der Waals surface area contributed by atoms with Gasteiger partial charge in [-0.1, -0.05) is 24.3 Å². The number of aryl methyl sites for hydroxylation is 1. The average molecular weight is 532 g/mol. The molecule has 0 spiro atoms. The molecule has 208 valence electrons. The van der Waals surface area contributed by atoms with Gasteiger partial charge in [0, 0.05) is 64.0 Å². The predicted octanol–water partition coefficient (Wildman–Crippen LogP) is 3.53. The molecule has 3 aromatic rings. The maximum Gasteiger partial charge on any atom is 0.252 e. The van der Waals surface area contributed by atoms with E-state index in [0.717, 1.165) is 56.1 Å². The van der Waals surface area contributed by atoms with Crippen LogP contribution in [-0.2, 0) is 24.9 Å². The highest BCUT2D eigenvalue weighted by atomic mass is 16.5. The quantitative estimate of drug-likeness (QED) is 0.481. The van der Waals surface area contributed by atoms with Crippen LogP contribution in [0.5, 0.6) is 0 Å². The van der Waals surface area contributed by atoms with E-state index in [9.17, 15) is 4.79 Å². The molecule has 2 aliphatic rings. The van der Waals surface area contributed by atoms with Crippen LogP contribution in [0, 0.1) is 11.3 Å². The van der Waals surface area contributed by atoms with E-state index in [1.165, 1.54) is 11.1 Å². The molecule has 39 heavy (non-hydrogen) atoms. The van der Waals surface area contributed by atoms with Crippen molar-refractivity contribution in [1.82, 2.24) is 24.1 Å². The number of nitriles is 1. The molecule has 5 rings (SSSR count). The van der Waals surface area contributed by atoms with Crippen molar-refractivity contribution in [2.75, 3.05) is 37.7 Å². The van der Waals surface area contributed by atoms with E-state index in [2.05, 4.69) is 84.8 Å². The Morgan fingerprint density at radius 3 is 2.62 bits per heavy atom. The Balaban J connectivity index is 1.30. The van der Waals surface area contributed by atoms with E-state index in [0.29, 0.717) is 0 Å². The second-order valence-electron chi connectivity index (χ2n) is 11.9. The number of aromatic nitrogens is 3. The number of anilines is 1. The van der Waals surface area contributed by atoms with Gasteiger partial charge in [-0.25, -0.2) is 0 Å². The highest BCUT2D eigenvalue weighted by molar-refractivity contribution is 5.88. The molecule has 0 radical (unpaired) electrons. The minimum absolute atomic E-state index is 0.0645. The summed E-state index contributed by atoms with van der Waals surface area (Å²) >= 11 is 0. The fraction of sp³-hybridized carbons (Fsp3) is 0.567. The smallest absolute Gasteiger partial charge is 0.252 e. The summed E-state index contributed by atoms with van der Waals surface area (Å²) in [5.41, 5.74) is 4.88. The topological polar surface area (TPSA) is 82.6 Å². The number of rotatable bonds is 6. The van der Waals surface area contributed by atoms with Gasteiger partial charge in [0.15, 0.2) is 0 Å². The summed E-state index contributed by atoms with van der Waals surface area (Å²) in [5.74, 6) is 0. The molecule has 3 atom stereocenters. The summed E-state index contributed by atoms with van der Waals surface area (Å²) in [6, 6.07) is 13.7. The molecule has 1 unspecified atom stereocenters. The molecule has 0 amide bonds. The van der Waals surface area contributed by atoms with Gasteiger partial charge in [0.1, 0.15) is 12.1 Å². The van der Waals surface area contributed by atoms with Gasteiger partial charge in [-0.05, 0) is 45.7 Å². The summed E-state index contributed by atoms with van der Waals surface area (Å²) in [6.07, 6.45) is 1.79.